The Morgan fingerprint density at radius 3 is 2.44 bits per heavy atom. The van der Waals surface area contributed by atoms with Crippen LogP contribution in [0.2, 0.25) is 0 Å². The molecule has 0 saturated carbocycles. The number of carbonyl (C=O) groups excluding carboxylic acids is 1. The van der Waals surface area contributed by atoms with E-state index in [0.29, 0.717) is 11.4 Å². The largest absolute Gasteiger partial charge is 0.477 e. The Labute approximate surface area is 103 Å². The van der Waals surface area contributed by atoms with Crippen molar-refractivity contribution in [3.63, 3.8) is 0 Å². The highest BCUT2D eigenvalue weighted by Crippen LogP contribution is 2.20. The number of aromatic nitrogens is 2. The summed E-state index contributed by atoms with van der Waals surface area (Å²) in [4.78, 5) is 21.6. The number of hydrogen-bond acceptors (Lipinski definition) is 3. The molecule has 0 unspecified atom stereocenters. The summed E-state index contributed by atoms with van der Waals surface area (Å²) >= 11 is 0. The molecule has 0 aliphatic rings. The third-order valence-corrected chi connectivity index (χ3v) is 2.31. The number of hydrogen-bond donors (Lipinski definition) is 3. The number of nitrogens with one attached hydrogen (secondary N) is 2. The molecule has 0 fully saturated rings. The number of H-pyrrole nitrogens is 1. The minimum Gasteiger partial charge on any atom is -0.477 e. The number of carbonyl (C=O) groups is 2. The highest BCUT2D eigenvalue weighted by molar-refractivity contribution is 5.89. The number of benzene rings is 1. The van der Waals surface area contributed by atoms with Gasteiger partial charge in [0.2, 0.25) is 5.91 Å². The van der Waals surface area contributed by atoms with E-state index in [1.807, 2.05) is 0 Å². The predicted molar refractivity (Wildman–Crippen MR) is 65.3 cm³/mol. The van der Waals surface area contributed by atoms with E-state index in [-0.39, 0.29) is 11.6 Å². The number of nitrogens with zero attached hydrogens (tertiary/aromatic N) is 1. The second-order valence-corrected chi connectivity index (χ2v) is 3.73. The predicted octanol–water partition coefficient (Wildman–Crippen LogP) is 1.73. The zero-order valence-corrected chi connectivity index (χ0v) is 9.60. The van der Waals surface area contributed by atoms with E-state index in [0.717, 1.165) is 5.56 Å². The van der Waals surface area contributed by atoms with Crippen molar-refractivity contribution in [1.82, 2.24) is 10.2 Å². The standard InChI is InChI=1S/C12H11N3O3/c1-7(16)13-9-4-2-8(3-5-9)10-6-11(12(17)18)15-14-10/h2-6H,1H3,(H,13,16)(H,14,15)(H,17,18). The summed E-state index contributed by atoms with van der Waals surface area (Å²) in [5, 5.41) is 17.8. The van der Waals surface area contributed by atoms with E-state index in [9.17, 15) is 9.59 Å². The highest BCUT2D eigenvalue weighted by atomic mass is 16.4. The number of amides is 1. The quantitative estimate of drug-likeness (QED) is 0.767. The Morgan fingerprint density at radius 2 is 1.94 bits per heavy atom. The van der Waals surface area contributed by atoms with Crippen LogP contribution in [0.5, 0.6) is 0 Å². The number of rotatable bonds is 3. The third kappa shape index (κ3) is 2.54. The molecule has 0 aliphatic carbocycles. The normalized spacial score (nSPS) is 10.1. The smallest absolute Gasteiger partial charge is 0.353 e. The van der Waals surface area contributed by atoms with Gasteiger partial charge in [0.1, 0.15) is 5.69 Å². The Kier molecular flexibility index (Phi) is 3.09. The van der Waals surface area contributed by atoms with E-state index in [1.54, 1.807) is 24.3 Å². The molecule has 0 spiro atoms. The summed E-state index contributed by atoms with van der Waals surface area (Å²) < 4.78 is 0. The van der Waals surface area contributed by atoms with E-state index in [2.05, 4.69) is 15.5 Å². The van der Waals surface area contributed by atoms with Gasteiger partial charge in [-0.2, -0.15) is 5.10 Å². The second kappa shape index (κ2) is 4.70. The maximum absolute atomic E-state index is 10.9. The van der Waals surface area contributed by atoms with E-state index >= 15 is 0 Å². The Hall–Kier alpha value is -2.63. The molecule has 0 atom stereocenters. The monoisotopic (exact) mass is 245 g/mol. The fourth-order valence-electron chi connectivity index (χ4n) is 1.51. The molecule has 1 aromatic heterocycles. The second-order valence-electron chi connectivity index (χ2n) is 3.73. The first-order chi connectivity index (χ1) is 8.56. The topological polar surface area (TPSA) is 95.1 Å². The first-order valence-electron chi connectivity index (χ1n) is 5.23. The van der Waals surface area contributed by atoms with Crippen molar-refractivity contribution in [2.24, 2.45) is 0 Å². The Bertz CT molecular complexity index is 587. The van der Waals surface area contributed by atoms with Gasteiger partial charge in [0.15, 0.2) is 0 Å². The summed E-state index contributed by atoms with van der Waals surface area (Å²) in [7, 11) is 0. The number of aromatic amines is 1. The van der Waals surface area contributed by atoms with E-state index < -0.39 is 5.97 Å². The van der Waals surface area contributed by atoms with Crippen LogP contribution in [0.1, 0.15) is 17.4 Å². The summed E-state index contributed by atoms with van der Waals surface area (Å²) in [6, 6.07) is 8.42. The molecule has 6 nitrogen and oxygen atoms in total. The van der Waals surface area contributed by atoms with Crippen LogP contribution >= 0.6 is 0 Å². The van der Waals surface area contributed by atoms with Crippen molar-refractivity contribution in [1.29, 1.82) is 0 Å². The van der Waals surface area contributed by atoms with Crippen LogP contribution in [0, 0.1) is 0 Å². The fourth-order valence-corrected chi connectivity index (χ4v) is 1.51. The average Bonchev–Trinajstić information content (AvgIpc) is 2.78. The zero-order chi connectivity index (χ0) is 13.1. The van der Waals surface area contributed by atoms with Crippen molar-refractivity contribution >= 4 is 17.6 Å². The van der Waals surface area contributed by atoms with Gasteiger partial charge in [-0.25, -0.2) is 4.79 Å². The van der Waals surface area contributed by atoms with Crippen LogP contribution in [0.15, 0.2) is 30.3 Å². The minimum absolute atomic E-state index is 0.0379. The molecule has 6 heteroatoms. The van der Waals surface area contributed by atoms with Crippen LogP contribution < -0.4 is 5.32 Å². The van der Waals surface area contributed by atoms with Crippen LogP contribution in [0.3, 0.4) is 0 Å². The maximum atomic E-state index is 10.9. The molecule has 0 bridgehead atoms. The number of carboxylic acids is 1. The molecule has 2 aromatic rings. The Balaban J connectivity index is 2.22. The first kappa shape index (κ1) is 11.8. The SMILES string of the molecule is CC(=O)Nc1ccc(-c2cc(C(=O)O)[nH]n2)cc1. The maximum Gasteiger partial charge on any atom is 0.353 e. The average molecular weight is 245 g/mol. The highest BCUT2D eigenvalue weighted by Gasteiger charge is 2.09. The number of carboxylic acid groups (broad SMARTS) is 1. The van der Waals surface area contributed by atoms with Gasteiger partial charge >= 0.3 is 5.97 Å². The molecule has 0 saturated heterocycles. The zero-order valence-electron chi connectivity index (χ0n) is 9.60. The van der Waals surface area contributed by atoms with Crippen LogP contribution in [0.4, 0.5) is 5.69 Å². The lowest BCUT2D eigenvalue weighted by atomic mass is 10.1. The molecule has 2 rings (SSSR count). The molecule has 92 valence electrons. The first-order valence-corrected chi connectivity index (χ1v) is 5.23. The number of anilines is 1. The summed E-state index contributed by atoms with van der Waals surface area (Å²) in [5.74, 6) is -1.20. The van der Waals surface area contributed by atoms with Crippen molar-refractivity contribution in [3.8, 4) is 11.3 Å². The van der Waals surface area contributed by atoms with Gasteiger partial charge in [-0.3, -0.25) is 9.89 Å². The molecule has 0 aliphatic heterocycles. The van der Waals surface area contributed by atoms with Gasteiger partial charge in [-0.05, 0) is 18.2 Å². The van der Waals surface area contributed by atoms with Gasteiger partial charge < -0.3 is 10.4 Å². The molecule has 3 N–H and O–H groups in total. The van der Waals surface area contributed by atoms with Gasteiger partial charge in [-0.15, -0.1) is 0 Å². The fraction of sp³-hybridized carbons (Fsp3) is 0.0833. The van der Waals surface area contributed by atoms with Crippen molar-refractivity contribution in [3.05, 3.63) is 36.0 Å². The molecule has 0 radical (unpaired) electrons. The lowest BCUT2D eigenvalue weighted by Gasteiger charge is -2.02. The van der Waals surface area contributed by atoms with Gasteiger partial charge in [0.05, 0.1) is 5.69 Å². The molecule has 1 amide bonds. The molecule has 18 heavy (non-hydrogen) atoms. The third-order valence-electron chi connectivity index (χ3n) is 2.31. The van der Waals surface area contributed by atoms with Gasteiger partial charge in [-0.1, -0.05) is 12.1 Å². The van der Waals surface area contributed by atoms with Crippen LogP contribution in [-0.2, 0) is 4.79 Å². The van der Waals surface area contributed by atoms with E-state index in [1.165, 1.54) is 13.0 Å². The van der Waals surface area contributed by atoms with E-state index in [4.69, 9.17) is 5.11 Å². The van der Waals surface area contributed by atoms with Crippen LogP contribution in [0.25, 0.3) is 11.3 Å². The lowest BCUT2D eigenvalue weighted by molar-refractivity contribution is -0.114. The molecule has 1 heterocycles. The van der Waals surface area contributed by atoms with Gasteiger partial charge in [0.25, 0.3) is 0 Å². The lowest BCUT2D eigenvalue weighted by Crippen LogP contribution is -2.05. The van der Waals surface area contributed by atoms with Gasteiger partial charge in [0, 0.05) is 18.2 Å². The number of aromatic carboxylic acids is 1. The van der Waals surface area contributed by atoms with Crippen molar-refractivity contribution in [2.45, 2.75) is 6.92 Å². The minimum atomic E-state index is -1.05. The molecular formula is C12H11N3O3. The Morgan fingerprint density at radius 1 is 1.28 bits per heavy atom. The van der Waals surface area contributed by atoms with Crippen LogP contribution in [-0.4, -0.2) is 27.2 Å². The molecule has 1 aromatic carbocycles. The molecular weight excluding hydrogens is 234 g/mol. The van der Waals surface area contributed by atoms with Crippen molar-refractivity contribution in [2.75, 3.05) is 5.32 Å². The summed E-state index contributed by atoms with van der Waals surface area (Å²) in [6.45, 7) is 1.43. The summed E-state index contributed by atoms with van der Waals surface area (Å²) in [6.07, 6.45) is 0. The summed E-state index contributed by atoms with van der Waals surface area (Å²) in [5.41, 5.74) is 2.03. The van der Waals surface area contributed by atoms with Crippen molar-refractivity contribution < 1.29 is 14.7 Å².